The number of nitrogens with one attached hydrogen (secondary N) is 1. The molecule has 0 atom stereocenters. The van der Waals surface area contributed by atoms with Gasteiger partial charge >= 0.3 is 0 Å². The van der Waals surface area contributed by atoms with Crippen LogP contribution in [0.3, 0.4) is 0 Å². The highest BCUT2D eigenvalue weighted by molar-refractivity contribution is 6.31. The van der Waals surface area contributed by atoms with E-state index >= 15 is 0 Å². The molecule has 4 heteroatoms. The van der Waals surface area contributed by atoms with Gasteiger partial charge in [-0.05, 0) is 36.8 Å². The molecule has 0 aliphatic heterocycles. The van der Waals surface area contributed by atoms with Crippen LogP contribution in [0, 0.1) is 6.92 Å². The number of nitrogens with zero attached hydrogens (tertiary/aromatic N) is 1. The molecule has 0 saturated heterocycles. The van der Waals surface area contributed by atoms with E-state index in [-0.39, 0.29) is 0 Å². The van der Waals surface area contributed by atoms with Crippen LogP contribution in [0.25, 0.3) is 0 Å². The Bertz CT molecular complexity index is 584. The first-order valence-corrected chi connectivity index (χ1v) is 7.05. The molecule has 0 radical (unpaired) electrons. The third-order valence-corrected chi connectivity index (χ3v) is 3.26. The van der Waals surface area contributed by atoms with Crippen LogP contribution < -0.4 is 10.1 Å². The molecule has 0 unspecified atom stereocenters. The zero-order chi connectivity index (χ0) is 14.5. The largest absolute Gasteiger partial charge is 0.455 e. The molecular weight excluding hydrogens is 272 g/mol. The van der Waals surface area contributed by atoms with Crippen LogP contribution in [-0.4, -0.2) is 11.0 Å². The number of aromatic nitrogens is 1. The van der Waals surface area contributed by atoms with E-state index in [0.717, 1.165) is 29.3 Å². The minimum absolute atomic E-state index is 0.431. The predicted octanol–water partition coefficient (Wildman–Crippen LogP) is 4.33. The highest BCUT2D eigenvalue weighted by Gasteiger charge is 2.06. The Morgan fingerprint density at radius 3 is 2.75 bits per heavy atom. The van der Waals surface area contributed by atoms with Gasteiger partial charge in [-0.15, -0.1) is 0 Å². The molecule has 0 amide bonds. The van der Waals surface area contributed by atoms with Crippen LogP contribution in [0.15, 0.2) is 36.5 Å². The van der Waals surface area contributed by atoms with Crippen molar-refractivity contribution in [2.24, 2.45) is 0 Å². The van der Waals surface area contributed by atoms with Crippen molar-refractivity contribution in [3.63, 3.8) is 0 Å². The summed E-state index contributed by atoms with van der Waals surface area (Å²) >= 11 is 6.28. The average Bonchev–Trinajstić information content (AvgIpc) is 2.40. The van der Waals surface area contributed by atoms with Crippen LogP contribution in [0.4, 0.5) is 0 Å². The van der Waals surface area contributed by atoms with Crippen molar-refractivity contribution in [1.29, 1.82) is 0 Å². The van der Waals surface area contributed by atoms with Gasteiger partial charge in [0.05, 0.1) is 5.69 Å². The average molecular weight is 291 g/mol. The molecule has 20 heavy (non-hydrogen) atoms. The van der Waals surface area contributed by atoms with E-state index in [4.69, 9.17) is 16.3 Å². The molecule has 0 aliphatic rings. The first-order valence-electron chi connectivity index (χ1n) is 6.67. The highest BCUT2D eigenvalue weighted by atomic mass is 35.5. The normalized spacial score (nSPS) is 10.8. The molecular formula is C16H19ClN2O. The Hall–Kier alpha value is -1.58. The standard InChI is InChI=1S/C16H19ClN2O/c1-11(2)19-10-13-6-7-14(9-15(13)17)20-16-5-4-8-18-12(16)3/h4-9,11,19H,10H2,1-3H3. The van der Waals surface area contributed by atoms with Crippen molar-refractivity contribution in [1.82, 2.24) is 10.3 Å². The molecule has 0 spiro atoms. The molecule has 0 bridgehead atoms. The zero-order valence-corrected chi connectivity index (χ0v) is 12.7. The molecule has 106 valence electrons. The van der Waals surface area contributed by atoms with Crippen molar-refractivity contribution >= 4 is 11.6 Å². The minimum Gasteiger partial charge on any atom is -0.455 e. The Labute approximate surface area is 124 Å². The quantitative estimate of drug-likeness (QED) is 0.890. The van der Waals surface area contributed by atoms with Gasteiger partial charge < -0.3 is 10.1 Å². The molecule has 2 aromatic rings. The number of ether oxygens (including phenoxy) is 1. The van der Waals surface area contributed by atoms with E-state index in [1.54, 1.807) is 6.20 Å². The van der Waals surface area contributed by atoms with Gasteiger partial charge in [0.25, 0.3) is 0 Å². The third kappa shape index (κ3) is 3.95. The van der Waals surface area contributed by atoms with Gasteiger partial charge in [0.1, 0.15) is 11.5 Å². The topological polar surface area (TPSA) is 34.1 Å². The monoisotopic (exact) mass is 290 g/mol. The summed E-state index contributed by atoms with van der Waals surface area (Å²) in [6.07, 6.45) is 1.75. The minimum atomic E-state index is 0.431. The van der Waals surface area contributed by atoms with E-state index in [9.17, 15) is 0 Å². The summed E-state index contributed by atoms with van der Waals surface area (Å²) < 4.78 is 5.80. The van der Waals surface area contributed by atoms with Crippen molar-refractivity contribution in [3.8, 4) is 11.5 Å². The van der Waals surface area contributed by atoms with Crippen molar-refractivity contribution in [3.05, 3.63) is 52.8 Å². The van der Waals surface area contributed by atoms with E-state index in [1.807, 2.05) is 37.3 Å². The summed E-state index contributed by atoms with van der Waals surface area (Å²) in [5, 5.41) is 4.05. The molecule has 0 fully saturated rings. The number of hydrogen-bond acceptors (Lipinski definition) is 3. The lowest BCUT2D eigenvalue weighted by Crippen LogP contribution is -2.21. The second kappa shape index (κ2) is 6.73. The summed E-state index contributed by atoms with van der Waals surface area (Å²) in [7, 11) is 0. The maximum Gasteiger partial charge on any atom is 0.148 e. The van der Waals surface area contributed by atoms with Crippen LogP contribution in [-0.2, 0) is 6.54 Å². The first-order chi connectivity index (χ1) is 9.56. The summed E-state index contributed by atoms with van der Waals surface area (Å²) in [4.78, 5) is 4.20. The van der Waals surface area contributed by atoms with Gasteiger partial charge in [0.15, 0.2) is 0 Å². The Kier molecular flexibility index (Phi) is 4.99. The third-order valence-electron chi connectivity index (χ3n) is 2.91. The fourth-order valence-electron chi connectivity index (χ4n) is 1.75. The number of rotatable bonds is 5. The number of hydrogen-bond donors (Lipinski definition) is 1. The van der Waals surface area contributed by atoms with Crippen LogP contribution in [0.5, 0.6) is 11.5 Å². The molecule has 0 saturated carbocycles. The predicted molar refractivity (Wildman–Crippen MR) is 82.5 cm³/mol. The Balaban J connectivity index is 2.11. The van der Waals surface area contributed by atoms with E-state index in [1.165, 1.54) is 0 Å². The summed E-state index contributed by atoms with van der Waals surface area (Å²) in [5.41, 5.74) is 1.92. The molecule has 1 heterocycles. The first kappa shape index (κ1) is 14.8. The number of pyridine rings is 1. The van der Waals surface area contributed by atoms with Gasteiger partial charge in [-0.2, -0.15) is 0 Å². The summed E-state index contributed by atoms with van der Waals surface area (Å²) in [6, 6.07) is 9.93. The fourth-order valence-corrected chi connectivity index (χ4v) is 1.99. The van der Waals surface area contributed by atoms with Gasteiger partial charge in [0, 0.05) is 23.8 Å². The Morgan fingerprint density at radius 2 is 2.10 bits per heavy atom. The van der Waals surface area contributed by atoms with Gasteiger partial charge in [0.2, 0.25) is 0 Å². The lowest BCUT2D eigenvalue weighted by molar-refractivity contribution is 0.475. The molecule has 1 aromatic heterocycles. The maximum atomic E-state index is 6.28. The molecule has 2 rings (SSSR count). The van der Waals surface area contributed by atoms with Crippen LogP contribution >= 0.6 is 11.6 Å². The van der Waals surface area contributed by atoms with E-state index in [0.29, 0.717) is 11.1 Å². The van der Waals surface area contributed by atoms with Crippen molar-refractivity contribution < 1.29 is 4.74 Å². The SMILES string of the molecule is Cc1ncccc1Oc1ccc(CNC(C)C)c(Cl)c1. The number of halogens is 1. The van der Waals surface area contributed by atoms with Gasteiger partial charge in [-0.3, -0.25) is 4.98 Å². The van der Waals surface area contributed by atoms with Crippen molar-refractivity contribution in [2.75, 3.05) is 0 Å². The Morgan fingerprint density at radius 1 is 1.30 bits per heavy atom. The smallest absolute Gasteiger partial charge is 0.148 e. The summed E-state index contributed by atoms with van der Waals surface area (Å²) in [5.74, 6) is 1.47. The van der Waals surface area contributed by atoms with Gasteiger partial charge in [-0.1, -0.05) is 31.5 Å². The van der Waals surface area contributed by atoms with E-state index < -0.39 is 0 Å². The molecule has 1 N–H and O–H groups in total. The fraction of sp³-hybridized carbons (Fsp3) is 0.312. The van der Waals surface area contributed by atoms with E-state index in [2.05, 4.69) is 24.1 Å². The van der Waals surface area contributed by atoms with Crippen molar-refractivity contribution in [2.45, 2.75) is 33.4 Å². The van der Waals surface area contributed by atoms with Gasteiger partial charge in [-0.25, -0.2) is 0 Å². The lowest BCUT2D eigenvalue weighted by Gasteiger charge is -2.12. The summed E-state index contributed by atoms with van der Waals surface area (Å²) in [6.45, 7) is 6.88. The molecule has 0 aliphatic carbocycles. The number of aryl methyl sites for hydroxylation is 1. The maximum absolute atomic E-state index is 6.28. The van der Waals surface area contributed by atoms with Crippen LogP contribution in [0.1, 0.15) is 25.1 Å². The number of benzene rings is 1. The second-order valence-corrected chi connectivity index (χ2v) is 5.39. The molecule has 1 aromatic carbocycles. The molecule has 3 nitrogen and oxygen atoms in total. The second-order valence-electron chi connectivity index (χ2n) is 4.98. The van der Waals surface area contributed by atoms with Crippen LogP contribution in [0.2, 0.25) is 5.02 Å². The highest BCUT2D eigenvalue weighted by Crippen LogP contribution is 2.27. The lowest BCUT2D eigenvalue weighted by atomic mass is 10.2. The zero-order valence-electron chi connectivity index (χ0n) is 12.0.